The number of aromatic nitrogens is 1. The van der Waals surface area contributed by atoms with Crippen LogP contribution in [0.25, 0.3) is 0 Å². The van der Waals surface area contributed by atoms with E-state index in [1.54, 1.807) is 6.20 Å². The number of carbonyl (C=O) groups is 1. The lowest BCUT2D eigenvalue weighted by Gasteiger charge is -2.32. The van der Waals surface area contributed by atoms with Gasteiger partial charge in [0.1, 0.15) is 5.75 Å². The Hall–Kier alpha value is -1.82. The topological polar surface area (TPSA) is 63.7 Å². The van der Waals surface area contributed by atoms with Crippen LogP contribution in [0.3, 0.4) is 0 Å². The normalized spacial score (nSPS) is 21.7. The summed E-state index contributed by atoms with van der Waals surface area (Å²) in [6.45, 7) is 5.74. The van der Waals surface area contributed by atoms with Gasteiger partial charge in [0.2, 0.25) is 0 Å². The van der Waals surface area contributed by atoms with Crippen LogP contribution >= 0.6 is 0 Å². The first-order valence-corrected chi connectivity index (χ1v) is 8.90. The maximum Gasteiger partial charge on any atom is 0.317 e. The minimum absolute atomic E-state index is 0.0369. The zero-order valence-electron chi connectivity index (χ0n) is 14.4. The standard InChI is InChI=1S/C18H27N3O3/c1-14-11-19-7-4-17(14)24-13-15-5-8-21(9-6-15)18(22)20-12-16-3-2-10-23-16/h4,7,11,15-16H,2-3,5-6,8-10,12-13H2,1H3,(H,20,22). The fourth-order valence-corrected chi connectivity index (χ4v) is 3.25. The van der Waals surface area contributed by atoms with Gasteiger partial charge < -0.3 is 19.7 Å². The molecule has 6 heteroatoms. The van der Waals surface area contributed by atoms with E-state index in [9.17, 15) is 4.79 Å². The van der Waals surface area contributed by atoms with E-state index in [0.29, 0.717) is 19.1 Å². The van der Waals surface area contributed by atoms with Gasteiger partial charge in [0.25, 0.3) is 0 Å². The van der Waals surface area contributed by atoms with Crippen molar-refractivity contribution < 1.29 is 14.3 Å². The number of aryl methyl sites for hydroxylation is 1. The van der Waals surface area contributed by atoms with Crippen LogP contribution in [-0.2, 0) is 4.74 Å². The highest BCUT2D eigenvalue weighted by molar-refractivity contribution is 5.74. The Bertz CT molecular complexity index is 538. The van der Waals surface area contributed by atoms with Crippen molar-refractivity contribution in [1.82, 2.24) is 15.2 Å². The lowest BCUT2D eigenvalue weighted by Crippen LogP contribution is -2.46. The first-order chi connectivity index (χ1) is 11.7. The smallest absolute Gasteiger partial charge is 0.317 e. The highest BCUT2D eigenvalue weighted by atomic mass is 16.5. The van der Waals surface area contributed by atoms with Crippen LogP contribution in [0.5, 0.6) is 5.75 Å². The first-order valence-electron chi connectivity index (χ1n) is 8.90. The number of ether oxygens (including phenoxy) is 2. The molecule has 2 aliphatic rings. The van der Waals surface area contributed by atoms with Crippen LogP contribution in [0, 0.1) is 12.8 Å². The maximum absolute atomic E-state index is 12.2. The Morgan fingerprint density at radius 3 is 2.96 bits per heavy atom. The van der Waals surface area contributed by atoms with Crippen molar-refractivity contribution in [2.24, 2.45) is 5.92 Å². The summed E-state index contributed by atoms with van der Waals surface area (Å²) >= 11 is 0. The molecule has 2 fully saturated rings. The van der Waals surface area contributed by atoms with Crippen molar-refractivity contribution in [3.63, 3.8) is 0 Å². The van der Waals surface area contributed by atoms with Gasteiger partial charge in [-0.05, 0) is 44.6 Å². The molecule has 0 radical (unpaired) electrons. The second-order valence-electron chi connectivity index (χ2n) is 6.70. The number of nitrogens with zero attached hydrogens (tertiary/aromatic N) is 2. The molecule has 1 N–H and O–H groups in total. The highest BCUT2D eigenvalue weighted by Gasteiger charge is 2.24. The molecule has 2 amide bonds. The number of rotatable bonds is 5. The van der Waals surface area contributed by atoms with E-state index in [0.717, 1.165) is 56.7 Å². The van der Waals surface area contributed by atoms with Gasteiger partial charge >= 0.3 is 6.03 Å². The van der Waals surface area contributed by atoms with E-state index < -0.39 is 0 Å². The third-order valence-corrected chi connectivity index (χ3v) is 4.85. The van der Waals surface area contributed by atoms with Crippen LogP contribution in [0.15, 0.2) is 18.5 Å². The zero-order chi connectivity index (χ0) is 16.8. The molecule has 0 saturated carbocycles. The largest absolute Gasteiger partial charge is 0.493 e. The predicted octanol–water partition coefficient (Wildman–Crippen LogP) is 2.37. The van der Waals surface area contributed by atoms with E-state index in [-0.39, 0.29) is 12.1 Å². The van der Waals surface area contributed by atoms with Gasteiger partial charge in [0.15, 0.2) is 0 Å². The molecule has 0 bridgehead atoms. The number of likely N-dealkylation sites (tertiary alicyclic amines) is 1. The summed E-state index contributed by atoms with van der Waals surface area (Å²) in [6.07, 6.45) is 7.88. The minimum Gasteiger partial charge on any atom is -0.493 e. The Morgan fingerprint density at radius 2 is 2.25 bits per heavy atom. The van der Waals surface area contributed by atoms with Crippen LogP contribution in [0.2, 0.25) is 0 Å². The zero-order valence-corrected chi connectivity index (χ0v) is 14.4. The molecule has 24 heavy (non-hydrogen) atoms. The van der Waals surface area contributed by atoms with Gasteiger partial charge in [0, 0.05) is 44.2 Å². The molecule has 1 atom stereocenters. The molecule has 2 saturated heterocycles. The third kappa shape index (κ3) is 4.60. The summed E-state index contributed by atoms with van der Waals surface area (Å²) in [6, 6.07) is 1.94. The molecule has 132 valence electrons. The predicted molar refractivity (Wildman–Crippen MR) is 91.1 cm³/mol. The van der Waals surface area contributed by atoms with Gasteiger partial charge in [-0.3, -0.25) is 4.98 Å². The highest BCUT2D eigenvalue weighted by Crippen LogP contribution is 2.21. The van der Waals surface area contributed by atoms with E-state index in [4.69, 9.17) is 9.47 Å². The average molecular weight is 333 g/mol. The fourth-order valence-electron chi connectivity index (χ4n) is 3.25. The van der Waals surface area contributed by atoms with Crippen molar-refractivity contribution in [2.75, 3.05) is 32.8 Å². The number of piperidine rings is 1. The molecule has 0 aromatic carbocycles. The molecule has 1 aromatic rings. The lowest BCUT2D eigenvalue weighted by atomic mass is 9.98. The quantitative estimate of drug-likeness (QED) is 0.898. The van der Waals surface area contributed by atoms with Gasteiger partial charge in [-0.25, -0.2) is 4.79 Å². The van der Waals surface area contributed by atoms with Crippen molar-refractivity contribution in [1.29, 1.82) is 0 Å². The maximum atomic E-state index is 12.2. The van der Waals surface area contributed by atoms with Crippen molar-refractivity contribution in [3.05, 3.63) is 24.0 Å². The van der Waals surface area contributed by atoms with E-state index in [1.165, 1.54) is 0 Å². The number of carbonyl (C=O) groups excluding carboxylic acids is 1. The number of pyridine rings is 1. The number of urea groups is 1. The molecule has 6 nitrogen and oxygen atoms in total. The molecule has 3 heterocycles. The molecular weight excluding hydrogens is 306 g/mol. The summed E-state index contributed by atoms with van der Waals surface area (Å²) in [5.74, 6) is 1.40. The van der Waals surface area contributed by atoms with Crippen LogP contribution in [0.4, 0.5) is 4.79 Å². The van der Waals surface area contributed by atoms with Gasteiger partial charge in [-0.15, -0.1) is 0 Å². The molecule has 1 aromatic heterocycles. The minimum atomic E-state index is 0.0369. The summed E-state index contributed by atoms with van der Waals surface area (Å²) in [5.41, 5.74) is 1.06. The summed E-state index contributed by atoms with van der Waals surface area (Å²) in [4.78, 5) is 18.2. The Balaban J connectivity index is 1.36. The number of hydrogen-bond acceptors (Lipinski definition) is 4. The second kappa shape index (κ2) is 8.33. The SMILES string of the molecule is Cc1cnccc1OCC1CCN(C(=O)NCC2CCCO2)CC1. The molecule has 3 rings (SSSR count). The third-order valence-electron chi connectivity index (χ3n) is 4.85. The van der Waals surface area contributed by atoms with E-state index in [2.05, 4.69) is 10.3 Å². The van der Waals surface area contributed by atoms with Crippen molar-refractivity contribution >= 4 is 6.03 Å². The molecule has 0 aliphatic carbocycles. The summed E-state index contributed by atoms with van der Waals surface area (Å²) in [7, 11) is 0. The van der Waals surface area contributed by atoms with Crippen molar-refractivity contribution in [2.45, 2.75) is 38.7 Å². The van der Waals surface area contributed by atoms with Crippen LogP contribution in [0.1, 0.15) is 31.2 Å². The summed E-state index contributed by atoms with van der Waals surface area (Å²) in [5, 5.41) is 3.00. The molecule has 1 unspecified atom stereocenters. The Kier molecular flexibility index (Phi) is 5.91. The van der Waals surface area contributed by atoms with E-state index in [1.807, 2.05) is 24.1 Å². The Labute approximate surface area is 143 Å². The van der Waals surface area contributed by atoms with Gasteiger partial charge in [0.05, 0.1) is 12.7 Å². The van der Waals surface area contributed by atoms with Crippen LogP contribution < -0.4 is 10.1 Å². The molecule has 0 spiro atoms. The molecular formula is C18H27N3O3. The molecule has 2 aliphatic heterocycles. The second-order valence-corrected chi connectivity index (χ2v) is 6.70. The number of amides is 2. The van der Waals surface area contributed by atoms with Gasteiger partial charge in [-0.1, -0.05) is 0 Å². The van der Waals surface area contributed by atoms with E-state index >= 15 is 0 Å². The Morgan fingerprint density at radius 1 is 1.42 bits per heavy atom. The number of nitrogens with one attached hydrogen (secondary N) is 1. The lowest BCUT2D eigenvalue weighted by molar-refractivity contribution is 0.105. The van der Waals surface area contributed by atoms with Crippen molar-refractivity contribution in [3.8, 4) is 5.75 Å². The monoisotopic (exact) mass is 333 g/mol. The van der Waals surface area contributed by atoms with Gasteiger partial charge in [-0.2, -0.15) is 0 Å². The fraction of sp³-hybridized carbons (Fsp3) is 0.667. The first kappa shape index (κ1) is 17.0. The van der Waals surface area contributed by atoms with Crippen LogP contribution in [-0.4, -0.2) is 54.9 Å². The summed E-state index contributed by atoms with van der Waals surface area (Å²) < 4.78 is 11.4. The number of hydrogen-bond donors (Lipinski definition) is 1. The average Bonchev–Trinajstić information content (AvgIpc) is 3.13.